The van der Waals surface area contributed by atoms with Gasteiger partial charge in [0.2, 0.25) is 0 Å². The van der Waals surface area contributed by atoms with E-state index in [9.17, 15) is 4.79 Å². The van der Waals surface area contributed by atoms with Crippen LogP contribution in [-0.2, 0) is 4.79 Å². The molecule has 0 saturated heterocycles. The van der Waals surface area contributed by atoms with E-state index >= 15 is 0 Å². The zero-order chi connectivity index (χ0) is 10.8. The monoisotopic (exact) mass is 199 g/mol. The van der Waals surface area contributed by atoms with Crippen LogP contribution in [-0.4, -0.2) is 35.1 Å². The van der Waals surface area contributed by atoms with E-state index < -0.39 is 11.5 Å². The standard InChI is InChI=1S/C11H21NO2/c1-11(2,10(13)14)12(3)8-9-6-4-5-7-9/h9H,4-8H2,1-3H3,(H,13,14). The van der Waals surface area contributed by atoms with Gasteiger partial charge in [-0.05, 0) is 39.7 Å². The van der Waals surface area contributed by atoms with Crippen molar-refractivity contribution in [2.45, 2.75) is 45.1 Å². The Hall–Kier alpha value is -0.570. The van der Waals surface area contributed by atoms with Crippen LogP contribution in [0.5, 0.6) is 0 Å². The van der Waals surface area contributed by atoms with Crippen LogP contribution in [0.4, 0.5) is 0 Å². The van der Waals surface area contributed by atoms with E-state index in [1.54, 1.807) is 13.8 Å². The first kappa shape index (κ1) is 11.5. The van der Waals surface area contributed by atoms with E-state index in [4.69, 9.17) is 5.11 Å². The molecule has 3 heteroatoms. The lowest BCUT2D eigenvalue weighted by atomic mass is 10.0. The topological polar surface area (TPSA) is 40.5 Å². The van der Waals surface area contributed by atoms with Crippen molar-refractivity contribution in [2.75, 3.05) is 13.6 Å². The molecule has 0 amide bonds. The molecule has 1 N–H and O–H groups in total. The van der Waals surface area contributed by atoms with Crippen molar-refractivity contribution in [3.8, 4) is 0 Å². The zero-order valence-electron chi connectivity index (χ0n) is 9.42. The Morgan fingerprint density at radius 1 is 1.43 bits per heavy atom. The molecule has 3 nitrogen and oxygen atoms in total. The Morgan fingerprint density at radius 3 is 2.36 bits per heavy atom. The molecule has 0 aromatic rings. The normalized spacial score (nSPS) is 19.1. The molecule has 82 valence electrons. The molecule has 1 rings (SSSR count). The van der Waals surface area contributed by atoms with Gasteiger partial charge in [-0.25, -0.2) is 0 Å². The van der Waals surface area contributed by atoms with E-state index in [0.29, 0.717) is 5.92 Å². The summed E-state index contributed by atoms with van der Waals surface area (Å²) in [6.45, 7) is 4.45. The van der Waals surface area contributed by atoms with Gasteiger partial charge in [0.05, 0.1) is 0 Å². The molecule has 0 bridgehead atoms. The van der Waals surface area contributed by atoms with Crippen LogP contribution in [0.2, 0.25) is 0 Å². The van der Waals surface area contributed by atoms with Crippen molar-refractivity contribution < 1.29 is 9.90 Å². The van der Waals surface area contributed by atoms with Crippen molar-refractivity contribution >= 4 is 5.97 Å². The van der Waals surface area contributed by atoms with Gasteiger partial charge in [0.25, 0.3) is 0 Å². The fourth-order valence-corrected chi connectivity index (χ4v) is 1.97. The number of hydrogen-bond donors (Lipinski definition) is 1. The van der Waals surface area contributed by atoms with Crippen LogP contribution in [0.1, 0.15) is 39.5 Å². The van der Waals surface area contributed by atoms with Crippen molar-refractivity contribution in [3.05, 3.63) is 0 Å². The van der Waals surface area contributed by atoms with E-state index in [1.165, 1.54) is 25.7 Å². The summed E-state index contributed by atoms with van der Waals surface area (Å²) in [4.78, 5) is 13.0. The average Bonchev–Trinajstić information content (AvgIpc) is 2.56. The van der Waals surface area contributed by atoms with Crippen LogP contribution in [0.3, 0.4) is 0 Å². The Bertz CT molecular complexity index is 207. The number of likely N-dealkylation sites (N-methyl/N-ethyl adjacent to an activating group) is 1. The van der Waals surface area contributed by atoms with Crippen LogP contribution >= 0.6 is 0 Å². The van der Waals surface area contributed by atoms with Gasteiger partial charge >= 0.3 is 5.97 Å². The van der Waals surface area contributed by atoms with Gasteiger partial charge in [-0.3, -0.25) is 9.69 Å². The first-order valence-electron chi connectivity index (χ1n) is 5.39. The highest BCUT2D eigenvalue weighted by Gasteiger charge is 2.33. The van der Waals surface area contributed by atoms with Gasteiger partial charge in [0, 0.05) is 6.54 Å². The predicted octanol–water partition coefficient (Wildman–Crippen LogP) is 1.97. The molecular weight excluding hydrogens is 178 g/mol. The maximum absolute atomic E-state index is 11.0. The number of hydrogen-bond acceptors (Lipinski definition) is 2. The smallest absolute Gasteiger partial charge is 0.323 e. The third kappa shape index (κ3) is 2.47. The van der Waals surface area contributed by atoms with E-state index in [0.717, 1.165) is 6.54 Å². The number of rotatable bonds is 4. The lowest BCUT2D eigenvalue weighted by Crippen LogP contribution is -2.49. The predicted molar refractivity (Wildman–Crippen MR) is 56.3 cm³/mol. The highest BCUT2D eigenvalue weighted by atomic mass is 16.4. The molecule has 0 atom stereocenters. The molecule has 0 radical (unpaired) electrons. The number of carboxylic acid groups (broad SMARTS) is 1. The first-order valence-corrected chi connectivity index (χ1v) is 5.39. The number of carboxylic acids is 1. The summed E-state index contributed by atoms with van der Waals surface area (Å²) in [5.41, 5.74) is -0.734. The highest BCUT2D eigenvalue weighted by Crippen LogP contribution is 2.27. The second kappa shape index (κ2) is 4.30. The minimum atomic E-state index is -0.738. The molecule has 1 fully saturated rings. The van der Waals surface area contributed by atoms with Gasteiger partial charge in [0.15, 0.2) is 0 Å². The van der Waals surface area contributed by atoms with Crippen molar-refractivity contribution in [2.24, 2.45) is 5.92 Å². The SMILES string of the molecule is CN(CC1CCCC1)C(C)(C)C(=O)O. The second-order valence-electron chi connectivity index (χ2n) is 4.90. The quantitative estimate of drug-likeness (QED) is 0.752. The lowest BCUT2D eigenvalue weighted by Gasteiger charge is -2.33. The van der Waals surface area contributed by atoms with Gasteiger partial charge in [-0.1, -0.05) is 12.8 Å². The Balaban J connectivity index is 2.47. The first-order chi connectivity index (χ1) is 6.44. The molecule has 0 heterocycles. The maximum Gasteiger partial charge on any atom is 0.323 e. The van der Waals surface area contributed by atoms with Gasteiger partial charge < -0.3 is 5.11 Å². The third-order valence-corrected chi connectivity index (χ3v) is 3.48. The molecule has 0 spiro atoms. The number of carbonyl (C=O) groups is 1. The zero-order valence-corrected chi connectivity index (χ0v) is 9.42. The molecule has 0 aliphatic heterocycles. The van der Waals surface area contributed by atoms with Crippen molar-refractivity contribution in [1.29, 1.82) is 0 Å². The third-order valence-electron chi connectivity index (χ3n) is 3.48. The van der Waals surface area contributed by atoms with E-state index in [2.05, 4.69) is 0 Å². The molecule has 0 unspecified atom stereocenters. The minimum absolute atomic E-state index is 0.707. The van der Waals surface area contributed by atoms with Crippen molar-refractivity contribution in [3.63, 3.8) is 0 Å². The molecule has 1 saturated carbocycles. The molecule has 0 aromatic heterocycles. The van der Waals surface area contributed by atoms with Crippen LogP contribution in [0.25, 0.3) is 0 Å². The molecule has 1 aliphatic carbocycles. The summed E-state index contributed by atoms with van der Waals surface area (Å²) < 4.78 is 0. The minimum Gasteiger partial charge on any atom is -0.480 e. The van der Waals surface area contributed by atoms with E-state index in [-0.39, 0.29) is 0 Å². The van der Waals surface area contributed by atoms with Gasteiger partial charge in [0.1, 0.15) is 5.54 Å². The largest absolute Gasteiger partial charge is 0.480 e. The number of nitrogens with zero attached hydrogens (tertiary/aromatic N) is 1. The molecule has 1 aliphatic rings. The average molecular weight is 199 g/mol. The summed E-state index contributed by atoms with van der Waals surface area (Å²) in [6, 6.07) is 0. The summed E-state index contributed by atoms with van der Waals surface area (Å²) in [6.07, 6.45) is 5.15. The highest BCUT2D eigenvalue weighted by molar-refractivity contribution is 5.77. The van der Waals surface area contributed by atoms with E-state index in [1.807, 2.05) is 11.9 Å². The molecule has 0 aromatic carbocycles. The van der Waals surface area contributed by atoms with Crippen LogP contribution < -0.4 is 0 Å². The fourth-order valence-electron chi connectivity index (χ4n) is 1.97. The Labute approximate surface area is 86.1 Å². The van der Waals surface area contributed by atoms with Crippen LogP contribution in [0.15, 0.2) is 0 Å². The Morgan fingerprint density at radius 2 is 1.93 bits per heavy atom. The Kier molecular flexibility index (Phi) is 3.53. The van der Waals surface area contributed by atoms with Crippen molar-refractivity contribution in [1.82, 2.24) is 4.90 Å². The maximum atomic E-state index is 11.0. The number of aliphatic carboxylic acids is 1. The summed E-state index contributed by atoms with van der Waals surface area (Å²) >= 11 is 0. The second-order valence-corrected chi connectivity index (χ2v) is 4.90. The van der Waals surface area contributed by atoms with Gasteiger partial charge in [-0.15, -0.1) is 0 Å². The van der Waals surface area contributed by atoms with Gasteiger partial charge in [-0.2, -0.15) is 0 Å². The lowest BCUT2D eigenvalue weighted by molar-refractivity contribution is -0.148. The summed E-state index contributed by atoms with van der Waals surface area (Å²) in [5, 5.41) is 9.04. The molecular formula is C11H21NO2. The fraction of sp³-hybridized carbons (Fsp3) is 0.909. The molecule has 14 heavy (non-hydrogen) atoms. The summed E-state index contributed by atoms with van der Waals surface area (Å²) in [5.74, 6) is -0.0309. The van der Waals surface area contributed by atoms with Crippen LogP contribution in [0, 0.1) is 5.92 Å². The summed E-state index contributed by atoms with van der Waals surface area (Å²) in [7, 11) is 1.91.